The van der Waals surface area contributed by atoms with Gasteiger partial charge in [0.05, 0.1) is 23.8 Å². The molecule has 23 heavy (non-hydrogen) atoms. The molecule has 0 unspecified atom stereocenters. The molecule has 2 N–H and O–H groups in total. The maximum Gasteiger partial charge on any atom is 0.244 e. The van der Waals surface area contributed by atoms with Gasteiger partial charge in [0, 0.05) is 5.39 Å². The number of hydrogen-bond acceptors (Lipinski definition) is 6. The van der Waals surface area contributed by atoms with Crippen LogP contribution >= 0.6 is 0 Å². The quantitative estimate of drug-likeness (QED) is 0.758. The van der Waals surface area contributed by atoms with Gasteiger partial charge >= 0.3 is 0 Å². The molecule has 1 saturated heterocycles. The van der Waals surface area contributed by atoms with Crippen LogP contribution in [0.15, 0.2) is 28.8 Å². The van der Waals surface area contributed by atoms with Gasteiger partial charge in [0.1, 0.15) is 5.69 Å². The van der Waals surface area contributed by atoms with E-state index in [0.29, 0.717) is 11.3 Å². The van der Waals surface area contributed by atoms with Crippen molar-refractivity contribution in [2.75, 3.05) is 11.5 Å². The Kier molecular flexibility index (Phi) is 4.03. The summed E-state index contributed by atoms with van der Waals surface area (Å²) in [7, 11) is -3.14. The molecule has 3 rings (SSSR count). The van der Waals surface area contributed by atoms with E-state index in [-0.39, 0.29) is 24.3 Å². The highest BCUT2D eigenvalue weighted by Crippen LogP contribution is 2.19. The standard InChI is InChI=1S/C14H15N3O5S/c18-13(7-11-10-3-1-2-4-12(10)22-17-11)15-16-14(19)9-5-6-23(20,21)8-9/h1-4,9H,5-8H2,(H,15,18)(H,16,19)/t9-/m0/s1. The number of rotatable bonds is 3. The summed E-state index contributed by atoms with van der Waals surface area (Å²) < 4.78 is 27.8. The van der Waals surface area contributed by atoms with E-state index in [1.54, 1.807) is 18.2 Å². The van der Waals surface area contributed by atoms with Crippen LogP contribution in [-0.4, -0.2) is 36.9 Å². The Labute approximate surface area is 132 Å². The number of nitrogens with one attached hydrogen (secondary N) is 2. The molecule has 0 saturated carbocycles. The third-order valence-electron chi connectivity index (χ3n) is 3.71. The third-order valence-corrected chi connectivity index (χ3v) is 5.48. The van der Waals surface area contributed by atoms with Crippen LogP contribution in [-0.2, 0) is 25.8 Å². The summed E-state index contributed by atoms with van der Waals surface area (Å²) in [4.78, 5) is 23.7. The molecule has 1 aliphatic rings. The predicted octanol–water partition coefficient (Wildman–Crippen LogP) is -0.0476. The average Bonchev–Trinajstić information content (AvgIpc) is 3.09. The van der Waals surface area contributed by atoms with E-state index >= 15 is 0 Å². The van der Waals surface area contributed by atoms with Gasteiger partial charge in [-0.25, -0.2) is 8.42 Å². The molecule has 0 bridgehead atoms. The largest absolute Gasteiger partial charge is 0.356 e. The minimum absolute atomic E-state index is 0.00393. The summed E-state index contributed by atoms with van der Waals surface area (Å²) in [6.45, 7) is 0. The minimum Gasteiger partial charge on any atom is -0.356 e. The molecule has 8 nitrogen and oxygen atoms in total. The van der Waals surface area contributed by atoms with Crippen LogP contribution in [0.3, 0.4) is 0 Å². The lowest BCUT2D eigenvalue weighted by molar-refractivity contribution is -0.130. The monoisotopic (exact) mass is 337 g/mol. The van der Waals surface area contributed by atoms with Crippen molar-refractivity contribution < 1.29 is 22.5 Å². The molecular formula is C14H15N3O5S. The van der Waals surface area contributed by atoms with Crippen molar-refractivity contribution in [2.24, 2.45) is 5.92 Å². The molecule has 1 aliphatic heterocycles. The van der Waals surface area contributed by atoms with Crippen LogP contribution in [0.5, 0.6) is 0 Å². The summed E-state index contributed by atoms with van der Waals surface area (Å²) in [5.74, 6) is -1.75. The number of para-hydroxylation sites is 1. The number of hydrazine groups is 1. The van der Waals surface area contributed by atoms with Gasteiger partial charge in [0.25, 0.3) is 0 Å². The lowest BCUT2D eigenvalue weighted by atomic mass is 10.1. The van der Waals surface area contributed by atoms with Crippen LogP contribution in [0.1, 0.15) is 12.1 Å². The molecule has 1 atom stereocenters. The third kappa shape index (κ3) is 3.50. The van der Waals surface area contributed by atoms with Gasteiger partial charge in [0.2, 0.25) is 11.8 Å². The van der Waals surface area contributed by atoms with E-state index < -0.39 is 27.6 Å². The first kappa shape index (κ1) is 15.5. The zero-order chi connectivity index (χ0) is 16.4. The Morgan fingerprint density at radius 1 is 1.26 bits per heavy atom. The summed E-state index contributed by atoms with van der Waals surface area (Å²) in [5, 5.41) is 4.56. The topological polar surface area (TPSA) is 118 Å². The second-order valence-electron chi connectivity index (χ2n) is 5.44. The van der Waals surface area contributed by atoms with Crippen molar-refractivity contribution in [1.82, 2.24) is 16.0 Å². The minimum atomic E-state index is -3.14. The number of aromatic nitrogens is 1. The maximum absolute atomic E-state index is 11.9. The normalized spacial score (nSPS) is 19.6. The van der Waals surface area contributed by atoms with Crippen LogP contribution in [0.4, 0.5) is 0 Å². The first-order chi connectivity index (χ1) is 10.9. The Bertz CT molecular complexity index is 858. The Morgan fingerprint density at radius 2 is 2.04 bits per heavy atom. The van der Waals surface area contributed by atoms with E-state index in [1.165, 1.54) is 0 Å². The van der Waals surface area contributed by atoms with E-state index in [0.717, 1.165) is 5.39 Å². The van der Waals surface area contributed by atoms with E-state index in [9.17, 15) is 18.0 Å². The molecule has 122 valence electrons. The van der Waals surface area contributed by atoms with E-state index in [1.807, 2.05) is 6.07 Å². The molecule has 2 aromatic rings. The SMILES string of the molecule is O=C(Cc1noc2ccccc12)NNC(=O)[C@H]1CCS(=O)(=O)C1. The molecule has 2 heterocycles. The lowest BCUT2D eigenvalue weighted by Gasteiger charge is -2.10. The van der Waals surface area contributed by atoms with Gasteiger partial charge < -0.3 is 4.52 Å². The fraction of sp³-hybridized carbons (Fsp3) is 0.357. The van der Waals surface area contributed by atoms with E-state index in [4.69, 9.17) is 4.52 Å². The van der Waals surface area contributed by atoms with Crippen LogP contribution in [0, 0.1) is 5.92 Å². The summed E-state index contributed by atoms with van der Waals surface area (Å²) in [6.07, 6.45) is 0.220. The Hall–Kier alpha value is -2.42. The van der Waals surface area contributed by atoms with Gasteiger partial charge in [-0.2, -0.15) is 0 Å². The number of amides is 2. The molecule has 1 aromatic carbocycles. The molecular weight excluding hydrogens is 322 g/mol. The maximum atomic E-state index is 11.9. The molecule has 0 spiro atoms. The average molecular weight is 337 g/mol. The number of fused-ring (bicyclic) bond motifs is 1. The zero-order valence-electron chi connectivity index (χ0n) is 12.1. The second-order valence-corrected chi connectivity index (χ2v) is 7.67. The lowest BCUT2D eigenvalue weighted by Crippen LogP contribution is -2.45. The zero-order valence-corrected chi connectivity index (χ0v) is 12.9. The molecule has 1 aromatic heterocycles. The highest BCUT2D eigenvalue weighted by Gasteiger charge is 2.33. The number of carbonyl (C=O) groups is 2. The number of nitrogens with zero attached hydrogens (tertiary/aromatic N) is 1. The number of benzene rings is 1. The van der Waals surface area contributed by atoms with Crippen LogP contribution in [0.2, 0.25) is 0 Å². The van der Waals surface area contributed by atoms with Crippen molar-refractivity contribution in [3.63, 3.8) is 0 Å². The summed E-state index contributed by atoms with van der Waals surface area (Å²) in [6, 6.07) is 7.14. The van der Waals surface area contributed by atoms with Gasteiger partial charge in [-0.1, -0.05) is 17.3 Å². The van der Waals surface area contributed by atoms with Gasteiger partial charge in [-0.15, -0.1) is 0 Å². The van der Waals surface area contributed by atoms with Crippen molar-refractivity contribution in [1.29, 1.82) is 0 Å². The second kappa shape index (κ2) is 5.99. The Balaban J connectivity index is 1.55. The Morgan fingerprint density at radius 3 is 2.78 bits per heavy atom. The molecule has 0 aliphatic carbocycles. The van der Waals surface area contributed by atoms with Crippen molar-refractivity contribution in [3.8, 4) is 0 Å². The predicted molar refractivity (Wildman–Crippen MR) is 80.8 cm³/mol. The van der Waals surface area contributed by atoms with Crippen molar-refractivity contribution >= 4 is 32.6 Å². The smallest absolute Gasteiger partial charge is 0.244 e. The summed E-state index contributed by atoms with van der Waals surface area (Å²) in [5.41, 5.74) is 5.58. The van der Waals surface area contributed by atoms with Gasteiger partial charge in [-0.3, -0.25) is 20.4 Å². The molecule has 9 heteroatoms. The van der Waals surface area contributed by atoms with Crippen molar-refractivity contribution in [3.05, 3.63) is 30.0 Å². The fourth-order valence-corrected chi connectivity index (χ4v) is 4.24. The molecule has 0 radical (unpaired) electrons. The van der Waals surface area contributed by atoms with Crippen molar-refractivity contribution in [2.45, 2.75) is 12.8 Å². The summed E-state index contributed by atoms with van der Waals surface area (Å²) >= 11 is 0. The van der Waals surface area contributed by atoms with Crippen LogP contribution in [0.25, 0.3) is 11.0 Å². The highest BCUT2D eigenvalue weighted by atomic mass is 32.2. The van der Waals surface area contributed by atoms with Gasteiger partial charge in [0.15, 0.2) is 15.4 Å². The number of carbonyl (C=O) groups excluding carboxylic acids is 2. The van der Waals surface area contributed by atoms with E-state index in [2.05, 4.69) is 16.0 Å². The van der Waals surface area contributed by atoms with Gasteiger partial charge in [-0.05, 0) is 18.6 Å². The first-order valence-corrected chi connectivity index (χ1v) is 8.89. The van der Waals surface area contributed by atoms with Crippen LogP contribution < -0.4 is 10.9 Å². The first-order valence-electron chi connectivity index (χ1n) is 7.07. The number of hydrogen-bond donors (Lipinski definition) is 2. The molecule has 1 fully saturated rings. The number of sulfone groups is 1. The fourth-order valence-electron chi connectivity index (χ4n) is 2.50. The highest BCUT2D eigenvalue weighted by molar-refractivity contribution is 7.91. The molecule has 2 amide bonds.